The first-order valence-electron chi connectivity index (χ1n) is 6.25. The van der Waals surface area contributed by atoms with Crippen LogP contribution in [-0.2, 0) is 4.79 Å². The van der Waals surface area contributed by atoms with Gasteiger partial charge in [0.25, 0.3) is 5.91 Å². The van der Waals surface area contributed by atoms with Crippen molar-refractivity contribution in [1.29, 1.82) is 0 Å². The van der Waals surface area contributed by atoms with Gasteiger partial charge in [0.1, 0.15) is 11.9 Å². The highest BCUT2D eigenvalue weighted by Gasteiger charge is 2.21. The van der Waals surface area contributed by atoms with Crippen LogP contribution in [0.4, 0.5) is 5.69 Å². The summed E-state index contributed by atoms with van der Waals surface area (Å²) in [4.78, 5) is 11.3. The zero-order chi connectivity index (χ0) is 15.0. The van der Waals surface area contributed by atoms with Gasteiger partial charge in [0.2, 0.25) is 0 Å². The maximum atomic E-state index is 11.3. The number of amides is 1. The van der Waals surface area contributed by atoms with Crippen molar-refractivity contribution in [3.8, 4) is 5.75 Å². The second-order valence-corrected chi connectivity index (χ2v) is 5.44. The summed E-state index contributed by atoms with van der Waals surface area (Å²) in [5, 5.41) is 14.0. The molecule has 1 heterocycles. The topological polar surface area (TPSA) is 58.6 Å². The normalized spacial score (nSPS) is 14.9. The molecule has 0 saturated heterocycles. The minimum Gasteiger partial charge on any atom is -0.482 e. The number of aliphatic hydroxyl groups is 1. The molecule has 2 N–H and O–H groups in total. The molecular formula is C15H11Cl2NO3. The highest BCUT2D eigenvalue weighted by molar-refractivity contribution is 6.36. The van der Waals surface area contributed by atoms with Gasteiger partial charge >= 0.3 is 0 Å². The Morgan fingerprint density at radius 1 is 1.19 bits per heavy atom. The van der Waals surface area contributed by atoms with Gasteiger partial charge in [0, 0.05) is 15.6 Å². The summed E-state index contributed by atoms with van der Waals surface area (Å²) in [5.41, 5.74) is 1.52. The van der Waals surface area contributed by atoms with Gasteiger partial charge in [-0.3, -0.25) is 4.79 Å². The van der Waals surface area contributed by atoms with Crippen molar-refractivity contribution >= 4 is 34.8 Å². The molecule has 0 bridgehead atoms. The van der Waals surface area contributed by atoms with E-state index >= 15 is 0 Å². The molecule has 6 heteroatoms. The maximum absolute atomic E-state index is 11.3. The first-order valence-corrected chi connectivity index (χ1v) is 7.00. The lowest BCUT2D eigenvalue weighted by molar-refractivity contribution is -0.118. The number of carbonyl (C=O) groups is 1. The molecule has 2 aromatic rings. The lowest BCUT2D eigenvalue weighted by Gasteiger charge is -2.21. The fourth-order valence-electron chi connectivity index (χ4n) is 2.21. The molecule has 0 fully saturated rings. The number of hydrogen-bond donors (Lipinski definition) is 2. The summed E-state index contributed by atoms with van der Waals surface area (Å²) in [7, 11) is 0. The molecule has 0 radical (unpaired) electrons. The molecule has 4 nitrogen and oxygen atoms in total. The average Bonchev–Trinajstić information content (AvgIpc) is 2.46. The molecule has 0 saturated carbocycles. The van der Waals surface area contributed by atoms with Crippen molar-refractivity contribution in [3.63, 3.8) is 0 Å². The number of carbonyl (C=O) groups excluding carboxylic acids is 1. The number of fused-ring (bicyclic) bond motifs is 1. The molecule has 1 aliphatic heterocycles. The van der Waals surface area contributed by atoms with Crippen LogP contribution in [0, 0.1) is 0 Å². The van der Waals surface area contributed by atoms with Crippen LogP contribution in [-0.4, -0.2) is 17.6 Å². The Morgan fingerprint density at radius 2 is 1.90 bits per heavy atom. The second kappa shape index (κ2) is 5.56. The Bertz CT molecular complexity index is 698. The van der Waals surface area contributed by atoms with E-state index in [1.54, 1.807) is 36.4 Å². The highest BCUT2D eigenvalue weighted by Crippen LogP contribution is 2.37. The highest BCUT2D eigenvalue weighted by atomic mass is 35.5. The Hall–Kier alpha value is -1.75. The summed E-state index contributed by atoms with van der Waals surface area (Å²) in [6, 6.07) is 10.1. The van der Waals surface area contributed by atoms with Gasteiger partial charge in [0.05, 0.1) is 5.69 Å². The van der Waals surface area contributed by atoms with Gasteiger partial charge in [-0.1, -0.05) is 35.3 Å². The van der Waals surface area contributed by atoms with Crippen LogP contribution in [0.15, 0.2) is 36.4 Å². The molecule has 1 amide bonds. The minimum absolute atomic E-state index is 0.00869. The van der Waals surface area contributed by atoms with Gasteiger partial charge in [0.15, 0.2) is 6.61 Å². The van der Waals surface area contributed by atoms with Crippen LogP contribution in [0.3, 0.4) is 0 Å². The van der Waals surface area contributed by atoms with Crippen molar-refractivity contribution in [3.05, 3.63) is 57.6 Å². The van der Waals surface area contributed by atoms with Gasteiger partial charge < -0.3 is 15.2 Å². The van der Waals surface area contributed by atoms with Crippen LogP contribution in [0.2, 0.25) is 10.0 Å². The Kier molecular flexibility index (Phi) is 3.76. The number of halogens is 2. The van der Waals surface area contributed by atoms with Crippen molar-refractivity contribution < 1.29 is 14.6 Å². The lowest BCUT2D eigenvalue weighted by Crippen LogP contribution is -2.25. The molecular weight excluding hydrogens is 313 g/mol. The summed E-state index contributed by atoms with van der Waals surface area (Å²) < 4.78 is 5.28. The van der Waals surface area contributed by atoms with Gasteiger partial charge in [-0.15, -0.1) is 0 Å². The molecule has 1 atom stereocenters. The number of ether oxygens (including phenoxy) is 1. The monoisotopic (exact) mass is 323 g/mol. The fraction of sp³-hybridized carbons (Fsp3) is 0.133. The van der Waals surface area contributed by atoms with Crippen molar-refractivity contribution in [2.24, 2.45) is 0 Å². The van der Waals surface area contributed by atoms with E-state index in [0.717, 1.165) is 0 Å². The molecule has 1 aliphatic rings. The molecule has 2 aromatic carbocycles. The van der Waals surface area contributed by atoms with E-state index in [0.29, 0.717) is 32.6 Å². The third-order valence-electron chi connectivity index (χ3n) is 3.23. The predicted molar refractivity (Wildman–Crippen MR) is 81.1 cm³/mol. The molecule has 3 rings (SSSR count). The zero-order valence-corrected chi connectivity index (χ0v) is 12.3. The number of hydrogen-bond acceptors (Lipinski definition) is 3. The first kappa shape index (κ1) is 14.2. The van der Waals surface area contributed by atoms with E-state index in [4.69, 9.17) is 27.9 Å². The molecule has 0 aliphatic carbocycles. The molecule has 1 unspecified atom stereocenters. The number of benzene rings is 2. The minimum atomic E-state index is -0.990. The van der Waals surface area contributed by atoms with Crippen LogP contribution in [0.1, 0.15) is 17.2 Å². The van der Waals surface area contributed by atoms with Crippen LogP contribution in [0.25, 0.3) is 0 Å². The SMILES string of the molecule is O=C1COc2ccc(C(O)c3c(Cl)cccc3Cl)cc2N1. The van der Waals surface area contributed by atoms with E-state index in [1.807, 2.05) is 0 Å². The van der Waals surface area contributed by atoms with E-state index < -0.39 is 6.10 Å². The number of anilines is 1. The standard InChI is InChI=1S/C15H11Cl2NO3/c16-9-2-1-3-10(17)14(9)15(20)8-4-5-12-11(6-8)18-13(19)7-21-12/h1-6,15,20H,7H2,(H,18,19). The largest absolute Gasteiger partial charge is 0.482 e. The number of aliphatic hydroxyl groups excluding tert-OH is 1. The summed E-state index contributed by atoms with van der Waals surface area (Å²) >= 11 is 12.2. The zero-order valence-electron chi connectivity index (χ0n) is 10.8. The smallest absolute Gasteiger partial charge is 0.262 e. The van der Waals surface area contributed by atoms with E-state index in [9.17, 15) is 9.90 Å². The van der Waals surface area contributed by atoms with Crippen molar-refractivity contribution in [2.45, 2.75) is 6.10 Å². The third kappa shape index (κ3) is 2.70. The van der Waals surface area contributed by atoms with Crippen LogP contribution < -0.4 is 10.1 Å². The Morgan fingerprint density at radius 3 is 2.62 bits per heavy atom. The third-order valence-corrected chi connectivity index (χ3v) is 3.88. The summed E-state index contributed by atoms with van der Waals surface area (Å²) in [6.45, 7) is -0.00869. The number of rotatable bonds is 2. The van der Waals surface area contributed by atoms with E-state index in [2.05, 4.69) is 5.32 Å². The number of nitrogens with one attached hydrogen (secondary N) is 1. The molecule has 108 valence electrons. The van der Waals surface area contributed by atoms with Gasteiger partial charge in [-0.05, 0) is 29.8 Å². The second-order valence-electron chi connectivity index (χ2n) is 4.63. The lowest BCUT2D eigenvalue weighted by atomic mass is 10.0. The van der Waals surface area contributed by atoms with Gasteiger partial charge in [-0.25, -0.2) is 0 Å². The Balaban J connectivity index is 2.01. The average molecular weight is 324 g/mol. The quantitative estimate of drug-likeness (QED) is 0.890. The first-order chi connectivity index (χ1) is 10.1. The van der Waals surface area contributed by atoms with Crippen molar-refractivity contribution in [1.82, 2.24) is 0 Å². The Labute approximate surface area is 131 Å². The summed E-state index contributed by atoms with van der Waals surface area (Å²) in [6.07, 6.45) is -0.990. The van der Waals surface area contributed by atoms with E-state index in [-0.39, 0.29) is 12.5 Å². The fourth-order valence-corrected chi connectivity index (χ4v) is 2.81. The van der Waals surface area contributed by atoms with Crippen LogP contribution >= 0.6 is 23.2 Å². The van der Waals surface area contributed by atoms with Gasteiger partial charge in [-0.2, -0.15) is 0 Å². The molecule has 0 spiro atoms. The summed E-state index contributed by atoms with van der Waals surface area (Å²) in [5.74, 6) is 0.334. The van der Waals surface area contributed by atoms with E-state index in [1.165, 1.54) is 0 Å². The molecule has 21 heavy (non-hydrogen) atoms. The maximum Gasteiger partial charge on any atom is 0.262 e. The van der Waals surface area contributed by atoms with Crippen molar-refractivity contribution in [2.75, 3.05) is 11.9 Å². The van der Waals surface area contributed by atoms with Crippen LogP contribution in [0.5, 0.6) is 5.75 Å². The molecule has 0 aromatic heterocycles. The predicted octanol–water partition coefficient (Wildman–Crippen LogP) is 3.41.